The van der Waals surface area contributed by atoms with Gasteiger partial charge in [-0.3, -0.25) is 13.9 Å². The summed E-state index contributed by atoms with van der Waals surface area (Å²) < 4.78 is 28.2. The first-order valence-corrected chi connectivity index (χ1v) is 11.4. The van der Waals surface area contributed by atoms with Crippen molar-refractivity contribution < 1.29 is 13.2 Å². The number of amides is 1. The van der Waals surface area contributed by atoms with Crippen LogP contribution in [-0.2, 0) is 23.0 Å². The Labute approximate surface area is 174 Å². The SMILES string of the molecule is CCn1nc(C(=O)NCCS(=O)(=O)N2CCc3ccccc32)c2ccccc2c1=O. The van der Waals surface area contributed by atoms with E-state index in [4.69, 9.17) is 0 Å². The first-order valence-electron chi connectivity index (χ1n) is 9.79. The van der Waals surface area contributed by atoms with Gasteiger partial charge in [-0.2, -0.15) is 5.10 Å². The molecule has 2 heterocycles. The molecule has 1 N–H and O–H groups in total. The number of aryl methyl sites for hydroxylation is 1. The largest absolute Gasteiger partial charge is 0.350 e. The van der Waals surface area contributed by atoms with E-state index in [0.717, 1.165) is 5.56 Å². The number of anilines is 1. The van der Waals surface area contributed by atoms with Gasteiger partial charge in [0, 0.05) is 25.0 Å². The summed E-state index contributed by atoms with van der Waals surface area (Å²) in [5.41, 5.74) is 1.55. The van der Waals surface area contributed by atoms with Crippen LogP contribution in [0.25, 0.3) is 10.8 Å². The number of nitrogens with zero attached hydrogens (tertiary/aromatic N) is 3. The maximum absolute atomic E-state index is 12.8. The second-order valence-corrected chi connectivity index (χ2v) is 9.05. The monoisotopic (exact) mass is 426 g/mol. The molecule has 0 saturated heterocycles. The van der Waals surface area contributed by atoms with Crippen molar-refractivity contribution in [3.05, 3.63) is 70.1 Å². The zero-order valence-corrected chi connectivity index (χ0v) is 17.4. The van der Waals surface area contributed by atoms with Gasteiger partial charge in [0.2, 0.25) is 10.0 Å². The van der Waals surface area contributed by atoms with Crippen molar-refractivity contribution in [2.24, 2.45) is 0 Å². The Hall–Kier alpha value is -3.20. The van der Waals surface area contributed by atoms with Crippen LogP contribution in [0.3, 0.4) is 0 Å². The van der Waals surface area contributed by atoms with Crippen molar-refractivity contribution in [3.8, 4) is 0 Å². The maximum Gasteiger partial charge on any atom is 0.274 e. The lowest BCUT2D eigenvalue weighted by Gasteiger charge is -2.19. The van der Waals surface area contributed by atoms with Gasteiger partial charge in [0.15, 0.2) is 5.69 Å². The molecule has 4 rings (SSSR count). The van der Waals surface area contributed by atoms with Gasteiger partial charge < -0.3 is 5.32 Å². The lowest BCUT2D eigenvalue weighted by molar-refractivity contribution is 0.0950. The minimum absolute atomic E-state index is 0.0545. The van der Waals surface area contributed by atoms with Crippen LogP contribution in [0, 0.1) is 0 Å². The van der Waals surface area contributed by atoms with E-state index in [1.807, 2.05) is 18.2 Å². The lowest BCUT2D eigenvalue weighted by Crippen LogP contribution is -2.37. The Morgan fingerprint density at radius 3 is 2.57 bits per heavy atom. The van der Waals surface area contributed by atoms with Gasteiger partial charge >= 0.3 is 0 Å². The Kier molecular flexibility index (Phi) is 5.29. The lowest BCUT2D eigenvalue weighted by atomic mass is 10.1. The van der Waals surface area contributed by atoms with E-state index >= 15 is 0 Å². The molecule has 1 amide bonds. The normalized spacial score (nSPS) is 13.4. The minimum atomic E-state index is -3.57. The molecule has 2 aromatic carbocycles. The van der Waals surface area contributed by atoms with Gasteiger partial charge in [-0.05, 0) is 31.0 Å². The molecule has 1 aliphatic heterocycles. The van der Waals surface area contributed by atoms with E-state index in [2.05, 4.69) is 10.4 Å². The van der Waals surface area contributed by atoms with Crippen LogP contribution in [0.5, 0.6) is 0 Å². The van der Waals surface area contributed by atoms with Gasteiger partial charge in [-0.25, -0.2) is 13.1 Å². The summed E-state index contributed by atoms with van der Waals surface area (Å²) in [5.74, 6) is -0.733. The number of hydrogen-bond donors (Lipinski definition) is 1. The highest BCUT2D eigenvalue weighted by Gasteiger charge is 2.29. The van der Waals surface area contributed by atoms with Gasteiger partial charge in [-0.1, -0.05) is 36.4 Å². The fourth-order valence-electron chi connectivity index (χ4n) is 3.70. The molecule has 3 aromatic rings. The van der Waals surface area contributed by atoms with Crippen LogP contribution in [0.2, 0.25) is 0 Å². The van der Waals surface area contributed by atoms with Gasteiger partial charge in [0.05, 0.1) is 16.8 Å². The van der Waals surface area contributed by atoms with E-state index in [1.165, 1.54) is 8.99 Å². The Bertz CT molecular complexity index is 1280. The molecule has 0 bridgehead atoms. The highest BCUT2D eigenvalue weighted by Crippen LogP contribution is 2.29. The molecule has 0 aliphatic carbocycles. The number of benzene rings is 2. The third kappa shape index (κ3) is 3.56. The van der Waals surface area contributed by atoms with E-state index in [0.29, 0.717) is 36.0 Å². The van der Waals surface area contributed by atoms with Gasteiger partial charge in [0.25, 0.3) is 11.5 Å². The minimum Gasteiger partial charge on any atom is -0.350 e. The first kappa shape index (κ1) is 20.1. The molecule has 0 radical (unpaired) electrons. The van der Waals surface area contributed by atoms with E-state index < -0.39 is 15.9 Å². The zero-order valence-electron chi connectivity index (χ0n) is 16.5. The standard InChI is InChI=1S/C21H22N4O4S/c1-2-24-21(27)17-9-5-4-8-16(17)19(23-24)20(26)22-12-14-30(28,29)25-13-11-15-7-3-6-10-18(15)25/h3-10H,2,11-14H2,1H3,(H,22,26). The summed E-state index contributed by atoms with van der Waals surface area (Å²) in [4.78, 5) is 25.2. The summed E-state index contributed by atoms with van der Waals surface area (Å²) in [7, 11) is -3.57. The predicted molar refractivity (Wildman–Crippen MR) is 115 cm³/mol. The topological polar surface area (TPSA) is 101 Å². The van der Waals surface area contributed by atoms with E-state index in [9.17, 15) is 18.0 Å². The molecule has 156 valence electrons. The quantitative estimate of drug-likeness (QED) is 0.644. The molecule has 0 atom stereocenters. The van der Waals surface area contributed by atoms with Crippen molar-refractivity contribution in [1.29, 1.82) is 0 Å². The fraction of sp³-hybridized carbons (Fsp3) is 0.286. The number of carbonyl (C=O) groups is 1. The summed E-state index contributed by atoms with van der Waals surface area (Å²) in [6.45, 7) is 2.45. The average Bonchev–Trinajstić information content (AvgIpc) is 3.19. The summed E-state index contributed by atoms with van der Waals surface area (Å²) in [6, 6.07) is 14.2. The molecule has 1 aromatic heterocycles. The smallest absolute Gasteiger partial charge is 0.274 e. The first-order chi connectivity index (χ1) is 14.4. The van der Waals surface area contributed by atoms with Crippen molar-refractivity contribution in [3.63, 3.8) is 0 Å². The highest BCUT2D eigenvalue weighted by atomic mass is 32.2. The van der Waals surface area contributed by atoms with Crippen LogP contribution < -0.4 is 15.2 Å². The van der Waals surface area contributed by atoms with E-state index in [-0.39, 0.29) is 23.6 Å². The molecule has 8 nitrogen and oxygen atoms in total. The number of rotatable bonds is 6. The number of para-hydroxylation sites is 1. The summed E-state index contributed by atoms with van der Waals surface area (Å²) in [5, 5.41) is 7.67. The van der Waals surface area contributed by atoms with Crippen LogP contribution >= 0.6 is 0 Å². The maximum atomic E-state index is 12.8. The van der Waals surface area contributed by atoms with E-state index in [1.54, 1.807) is 37.3 Å². The van der Waals surface area contributed by atoms with Crippen molar-refractivity contribution in [2.45, 2.75) is 19.9 Å². The number of hydrogen-bond acceptors (Lipinski definition) is 5. The van der Waals surface area contributed by atoms with Gasteiger partial charge in [0.1, 0.15) is 0 Å². The van der Waals surface area contributed by atoms with Crippen LogP contribution in [0.1, 0.15) is 23.0 Å². The average molecular weight is 426 g/mol. The molecule has 1 aliphatic rings. The Morgan fingerprint density at radius 1 is 1.10 bits per heavy atom. The van der Waals surface area contributed by atoms with Crippen molar-refractivity contribution in [1.82, 2.24) is 15.1 Å². The Balaban J connectivity index is 1.51. The molecule has 0 spiro atoms. The molecule has 0 fully saturated rings. The number of sulfonamides is 1. The third-order valence-electron chi connectivity index (χ3n) is 5.21. The number of nitrogens with one attached hydrogen (secondary N) is 1. The van der Waals surface area contributed by atoms with Crippen molar-refractivity contribution in [2.75, 3.05) is 23.1 Å². The summed E-state index contributed by atoms with van der Waals surface area (Å²) >= 11 is 0. The third-order valence-corrected chi connectivity index (χ3v) is 6.98. The second kappa shape index (κ2) is 7.91. The highest BCUT2D eigenvalue weighted by molar-refractivity contribution is 7.92. The fourth-order valence-corrected chi connectivity index (χ4v) is 5.13. The van der Waals surface area contributed by atoms with Crippen LogP contribution in [0.4, 0.5) is 5.69 Å². The van der Waals surface area contributed by atoms with Crippen LogP contribution in [0.15, 0.2) is 53.3 Å². The molecule has 0 saturated carbocycles. The number of fused-ring (bicyclic) bond motifs is 2. The van der Waals surface area contributed by atoms with Crippen LogP contribution in [-0.4, -0.2) is 42.9 Å². The number of carbonyl (C=O) groups excluding carboxylic acids is 1. The Morgan fingerprint density at radius 2 is 1.80 bits per heavy atom. The second-order valence-electron chi connectivity index (χ2n) is 7.04. The summed E-state index contributed by atoms with van der Waals surface area (Å²) in [6.07, 6.45) is 0.677. The van der Waals surface area contributed by atoms with Crippen molar-refractivity contribution >= 4 is 32.4 Å². The molecule has 30 heavy (non-hydrogen) atoms. The predicted octanol–water partition coefficient (Wildman–Crippen LogP) is 1.54. The molecular formula is C21H22N4O4S. The molecular weight excluding hydrogens is 404 g/mol. The zero-order chi connectivity index (χ0) is 21.3. The van der Waals surface area contributed by atoms with Gasteiger partial charge in [-0.15, -0.1) is 0 Å². The molecule has 0 unspecified atom stereocenters. The number of aromatic nitrogens is 2. The molecule has 9 heteroatoms.